The Morgan fingerprint density at radius 3 is 3.09 bits per heavy atom. The summed E-state index contributed by atoms with van der Waals surface area (Å²) in [6.07, 6.45) is 6.98. The Bertz CT molecular complexity index is 282. The Morgan fingerprint density at radius 2 is 2.55 bits per heavy atom. The van der Waals surface area contributed by atoms with Crippen LogP contribution in [0.5, 0.6) is 0 Å². The molecule has 1 rings (SSSR count). The van der Waals surface area contributed by atoms with Gasteiger partial charge in [0.15, 0.2) is 0 Å². The number of aromatic nitrogens is 2. The Labute approximate surface area is 70.8 Å². The molecular formula is C8H9ClN2. The van der Waals surface area contributed by atoms with Gasteiger partial charge in [0, 0.05) is 23.6 Å². The van der Waals surface area contributed by atoms with Crippen molar-refractivity contribution in [1.82, 2.24) is 9.55 Å². The van der Waals surface area contributed by atoms with E-state index in [2.05, 4.69) is 11.6 Å². The lowest BCUT2D eigenvalue weighted by atomic mass is 10.5. The summed E-state index contributed by atoms with van der Waals surface area (Å²) in [6.45, 7) is 5.43. The highest BCUT2D eigenvalue weighted by Gasteiger charge is 1.94. The van der Waals surface area contributed by atoms with Gasteiger partial charge in [-0.3, -0.25) is 0 Å². The van der Waals surface area contributed by atoms with Crippen molar-refractivity contribution < 1.29 is 0 Å². The molecule has 0 spiro atoms. The minimum Gasteiger partial charge on any atom is -0.308 e. The second-order valence-corrected chi connectivity index (χ2v) is 2.70. The number of nitrogens with zero attached hydrogens (tertiary/aromatic N) is 2. The standard InChI is InChI=1S/C8H9ClN2/c1-3-11-5-4-10-8(11)6-7(2)9/h3-6H,1H2,2H3. The van der Waals surface area contributed by atoms with Crippen LogP contribution in [0.25, 0.3) is 12.3 Å². The molecule has 1 aromatic rings. The first-order valence-electron chi connectivity index (χ1n) is 3.23. The van der Waals surface area contributed by atoms with Crippen molar-refractivity contribution in [3.05, 3.63) is 29.8 Å². The quantitative estimate of drug-likeness (QED) is 0.664. The Hall–Kier alpha value is -1.02. The van der Waals surface area contributed by atoms with Gasteiger partial charge in [0.2, 0.25) is 0 Å². The predicted molar refractivity (Wildman–Crippen MR) is 48.1 cm³/mol. The lowest BCUT2D eigenvalue weighted by molar-refractivity contribution is 1.11. The second kappa shape index (κ2) is 3.39. The van der Waals surface area contributed by atoms with Crippen LogP contribution in [-0.4, -0.2) is 9.55 Å². The molecule has 0 N–H and O–H groups in total. The largest absolute Gasteiger partial charge is 0.308 e. The summed E-state index contributed by atoms with van der Waals surface area (Å²) >= 11 is 5.67. The van der Waals surface area contributed by atoms with Gasteiger partial charge in [-0.25, -0.2) is 4.98 Å². The molecule has 0 saturated carbocycles. The predicted octanol–water partition coefficient (Wildman–Crippen LogP) is 2.58. The number of allylic oxidation sites excluding steroid dienone is 1. The number of halogens is 1. The van der Waals surface area contributed by atoms with E-state index in [1.165, 1.54) is 0 Å². The molecule has 0 amide bonds. The molecule has 0 saturated heterocycles. The van der Waals surface area contributed by atoms with Gasteiger partial charge in [0.25, 0.3) is 0 Å². The normalized spacial score (nSPS) is 11.6. The van der Waals surface area contributed by atoms with Crippen molar-refractivity contribution in [3.8, 4) is 0 Å². The molecule has 0 aliphatic carbocycles. The average molecular weight is 169 g/mol. The molecule has 1 aromatic heterocycles. The van der Waals surface area contributed by atoms with Crippen LogP contribution in [0.4, 0.5) is 0 Å². The molecular weight excluding hydrogens is 160 g/mol. The average Bonchev–Trinajstić information content (AvgIpc) is 2.34. The molecule has 11 heavy (non-hydrogen) atoms. The summed E-state index contributed by atoms with van der Waals surface area (Å²) in [5, 5.41) is 0.708. The van der Waals surface area contributed by atoms with Crippen molar-refractivity contribution in [2.75, 3.05) is 0 Å². The first kappa shape index (κ1) is 8.08. The lowest BCUT2D eigenvalue weighted by Gasteiger charge is -1.94. The maximum atomic E-state index is 5.67. The third-order valence-corrected chi connectivity index (χ3v) is 1.33. The molecule has 0 radical (unpaired) electrons. The number of rotatable bonds is 2. The molecule has 3 heteroatoms. The maximum absolute atomic E-state index is 5.67. The van der Waals surface area contributed by atoms with Gasteiger partial charge in [-0.15, -0.1) is 0 Å². The van der Waals surface area contributed by atoms with E-state index in [1.807, 2.05) is 13.1 Å². The number of hydrogen-bond donors (Lipinski definition) is 0. The number of hydrogen-bond acceptors (Lipinski definition) is 1. The third-order valence-electron chi connectivity index (χ3n) is 1.22. The summed E-state index contributed by atoms with van der Waals surface area (Å²) in [5.74, 6) is 0.799. The molecule has 0 bridgehead atoms. The van der Waals surface area contributed by atoms with Crippen molar-refractivity contribution in [3.63, 3.8) is 0 Å². The van der Waals surface area contributed by atoms with Crippen LogP contribution in [-0.2, 0) is 0 Å². The van der Waals surface area contributed by atoms with Crippen LogP contribution >= 0.6 is 11.6 Å². The molecule has 0 aliphatic rings. The van der Waals surface area contributed by atoms with Crippen molar-refractivity contribution in [1.29, 1.82) is 0 Å². The van der Waals surface area contributed by atoms with E-state index in [4.69, 9.17) is 11.6 Å². The zero-order valence-corrected chi connectivity index (χ0v) is 7.04. The zero-order chi connectivity index (χ0) is 8.27. The second-order valence-electron chi connectivity index (χ2n) is 2.11. The maximum Gasteiger partial charge on any atom is 0.137 e. The highest BCUT2D eigenvalue weighted by atomic mass is 35.5. The van der Waals surface area contributed by atoms with Gasteiger partial charge in [0.05, 0.1) is 0 Å². The SMILES string of the molecule is C=Cn1ccnc1C=C(C)Cl. The van der Waals surface area contributed by atoms with Crippen molar-refractivity contribution in [2.45, 2.75) is 6.92 Å². The topological polar surface area (TPSA) is 17.8 Å². The fourth-order valence-electron chi connectivity index (χ4n) is 0.769. The van der Waals surface area contributed by atoms with Crippen LogP contribution in [0, 0.1) is 0 Å². The first-order valence-corrected chi connectivity index (χ1v) is 3.61. The van der Waals surface area contributed by atoms with Gasteiger partial charge >= 0.3 is 0 Å². The summed E-state index contributed by atoms with van der Waals surface area (Å²) in [4.78, 5) is 4.06. The molecule has 0 aliphatic heterocycles. The molecule has 0 fully saturated rings. The number of imidazole rings is 1. The Kier molecular flexibility index (Phi) is 2.49. The molecule has 0 aromatic carbocycles. The molecule has 0 atom stereocenters. The molecule has 1 heterocycles. The Balaban J connectivity index is 3.03. The third kappa shape index (κ3) is 1.95. The summed E-state index contributed by atoms with van der Waals surface area (Å²) in [5.41, 5.74) is 0. The smallest absolute Gasteiger partial charge is 0.137 e. The van der Waals surface area contributed by atoms with E-state index < -0.39 is 0 Å². The molecule has 0 unspecified atom stereocenters. The van der Waals surface area contributed by atoms with E-state index in [1.54, 1.807) is 23.0 Å². The summed E-state index contributed by atoms with van der Waals surface area (Å²) in [6, 6.07) is 0. The minimum absolute atomic E-state index is 0.708. The lowest BCUT2D eigenvalue weighted by Crippen LogP contribution is -1.87. The van der Waals surface area contributed by atoms with Crippen molar-refractivity contribution in [2.24, 2.45) is 0 Å². The first-order chi connectivity index (χ1) is 5.24. The van der Waals surface area contributed by atoms with Gasteiger partial charge in [-0.05, 0) is 13.0 Å². The van der Waals surface area contributed by atoms with Gasteiger partial charge in [-0.2, -0.15) is 0 Å². The summed E-state index contributed by atoms with van der Waals surface area (Å²) < 4.78 is 1.80. The monoisotopic (exact) mass is 168 g/mol. The van der Waals surface area contributed by atoms with Crippen LogP contribution in [0.15, 0.2) is 24.0 Å². The zero-order valence-electron chi connectivity index (χ0n) is 6.29. The van der Waals surface area contributed by atoms with E-state index in [0.717, 1.165) is 5.82 Å². The van der Waals surface area contributed by atoms with Crippen LogP contribution < -0.4 is 0 Å². The van der Waals surface area contributed by atoms with E-state index in [0.29, 0.717) is 5.03 Å². The highest BCUT2D eigenvalue weighted by Crippen LogP contribution is 2.07. The molecule has 2 nitrogen and oxygen atoms in total. The van der Waals surface area contributed by atoms with Gasteiger partial charge in [-0.1, -0.05) is 18.2 Å². The Morgan fingerprint density at radius 1 is 1.82 bits per heavy atom. The van der Waals surface area contributed by atoms with Crippen LogP contribution in [0.3, 0.4) is 0 Å². The van der Waals surface area contributed by atoms with Crippen LogP contribution in [0.2, 0.25) is 0 Å². The molecule has 58 valence electrons. The van der Waals surface area contributed by atoms with E-state index in [-0.39, 0.29) is 0 Å². The fourth-order valence-corrected chi connectivity index (χ4v) is 0.866. The highest BCUT2D eigenvalue weighted by molar-refractivity contribution is 6.31. The van der Waals surface area contributed by atoms with E-state index in [9.17, 15) is 0 Å². The van der Waals surface area contributed by atoms with Crippen LogP contribution in [0.1, 0.15) is 12.7 Å². The van der Waals surface area contributed by atoms with Gasteiger partial charge < -0.3 is 4.57 Å². The van der Waals surface area contributed by atoms with Gasteiger partial charge in [0.1, 0.15) is 5.82 Å². The fraction of sp³-hybridized carbons (Fsp3) is 0.125. The van der Waals surface area contributed by atoms with Crippen molar-refractivity contribution >= 4 is 23.9 Å². The van der Waals surface area contributed by atoms with E-state index >= 15 is 0 Å². The summed E-state index contributed by atoms with van der Waals surface area (Å²) in [7, 11) is 0. The minimum atomic E-state index is 0.708.